The molecule has 2 aromatic rings. The zero-order valence-corrected chi connectivity index (χ0v) is 18.2. The molecular formula is C23H28N4O5. The first-order chi connectivity index (χ1) is 15.5. The van der Waals surface area contributed by atoms with Crippen LogP contribution in [0.3, 0.4) is 0 Å². The van der Waals surface area contributed by atoms with E-state index in [9.17, 15) is 14.4 Å². The average Bonchev–Trinajstić information content (AvgIpc) is 2.82. The van der Waals surface area contributed by atoms with E-state index >= 15 is 0 Å². The number of rotatable bonds is 11. The molecule has 0 bridgehead atoms. The van der Waals surface area contributed by atoms with Crippen LogP contribution < -0.4 is 25.5 Å². The second kappa shape index (κ2) is 13.4. The van der Waals surface area contributed by atoms with Gasteiger partial charge in [0.1, 0.15) is 0 Å². The molecule has 0 aliphatic carbocycles. The fraction of sp³-hybridized carbons (Fsp3) is 0.304. The van der Waals surface area contributed by atoms with Crippen LogP contribution in [0.1, 0.15) is 30.9 Å². The third kappa shape index (κ3) is 8.47. The maximum atomic E-state index is 12.0. The number of nitrogens with one attached hydrogen (secondary N) is 3. The fourth-order valence-electron chi connectivity index (χ4n) is 2.55. The Hall–Kier alpha value is -3.88. The van der Waals surface area contributed by atoms with E-state index in [0.29, 0.717) is 30.2 Å². The molecule has 0 aliphatic heterocycles. The molecule has 9 heteroatoms. The van der Waals surface area contributed by atoms with Crippen molar-refractivity contribution in [3.63, 3.8) is 0 Å². The van der Waals surface area contributed by atoms with Crippen molar-refractivity contribution >= 4 is 23.9 Å². The van der Waals surface area contributed by atoms with E-state index in [0.717, 1.165) is 18.4 Å². The summed E-state index contributed by atoms with van der Waals surface area (Å²) in [6.45, 7) is 2.68. The number of hydrogen-bond acceptors (Lipinski definition) is 6. The lowest BCUT2D eigenvalue weighted by Gasteiger charge is -2.11. The molecule has 0 atom stereocenters. The van der Waals surface area contributed by atoms with Crippen molar-refractivity contribution < 1.29 is 23.9 Å². The van der Waals surface area contributed by atoms with Crippen molar-refractivity contribution in [2.75, 3.05) is 20.3 Å². The third-order valence-corrected chi connectivity index (χ3v) is 4.28. The van der Waals surface area contributed by atoms with Gasteiger partial charge in [-0.2, -0.15) is 5.10 Å². The van der Waals surface area contributed by atoms with E-state index < -0.39 is 11.8 Å². The summed E-state index contributed by atoms with van der Waals surface area (Å²) >= 11 is 0. The molecule has 0 aliphatic rings. The predicted octanol–water partition coefficient (Wildman–Crippen LogP) is 1.76. The van der Waals surface area contributed by atoms with E-state index in [2.05, 4.69) is 21.2 Å². The number of amides is 3. The largest absolute Gasteiger partial charge is 0.493 e. The number of methoxy groups -OCH3 is 1. The summed E-state index contributed by atoms with van der Waals surface area (Å²) in [4.78, 5) is 35.3. The second-order valence-corrected chi connectivity index (χ2v) is 6.77. The van der Waals surface area contributed by atoms with Gasteiger partial charge in [-0.15, -0.1) is 0 Å². The summed E-state index contributed by atoms with van der Waals surface area (Å²) < 4.78 is 10.8. The van der Waals surface area contributed by atoms with Crippen LogP contribution in [0.25, 0.3) is 0 Å². The topological polar surface area (TPSA) is 118 Å². The van der Waals surface area contributed by atoms with Gasteiger partial charge < -0.3 is 20.1 Å². The Balaban J connectivity index is 1.83. The number of ether oxygens (including phenoxy) is 2. The Bertz CT molecular complexity index is 931. The lowest BCUT2D eigenvalue weighted by molar-refractivity contribution is -0.139. The molecular weight excluding hydrogens is 412 g/mol. The number of benzene rings is 2. The summed E-state index contributed by atoms with van der Waals surface area (Å²) in [5.74, 6) is -1.05. The maximum absolute atomic E-state index is 12.0. The van der Waals surface area contributed by atoms with Crippen molar-refractivity contribution in [1.29, 1.82) is 0 Å². The van der Waals surface area contributed by atoms with Crippen molar-refractivity contribution in [3.05, 3.63) is 59.7 Å². The summed E-state index contributed by atoms with van der Waals surface area (Å²) in [6.07, 6.45) is 3.08. The van der Waals surface area contributed by atoms with Gasteiger partial charge in [-0.25, -0.2) is 5.43 Å². The normalized spacial score (nSPS) is 10.4. The lowest BCUT2D eigenvalue weighted by Crippen LogP contribution is -2.38. The average molecular weight is 441 g/mol. The van der Waals surface area contributed by atoms with E-state index in [4.69, 9.17) is 9.47 Å². The number of carbonyl (C=O) groups excluding carboxylic acids is 3. The maximum Gasteiger partial charge on any atom is 0.329 e. The molecule has 170 valence electrons. The predicted molar refractivity (Wildman–Crippen MR) is 120 cm³/mol. The Kier molecular flexibility index (Phi) is 10.2. The van der Waals surface area contributed by atoms with Gasteiger partial charge in [-0.05, 0) is 35.7 Å². The number of unbranched alkanes of at least 4 members (excludes halogenated alkanes) is 1. The highest BCUT2D eigenvalue weighted by Gasteiger charge is 2.11. The third-order valence-electron chi connectivity index (χ3n) is 4.28. The zero-order chi connectivity index (χ0) is 23.2. The van der Waals surface area contributed by atoms with Gasteiger partial charge >= 0.3 is 11.8 Å². The van der Waals surface area contributed by atoms with E-state index in [1.165, 1.54) is 13.3 Å². The molecule has 0 saturated carbocycles. The van der Waals surface area contributed by atoms with Crippen LogP contribution in [-0.4, -0.2) is 44.2 Å². The number of nitrogens with zero attached hydrogens (tertiary/aromatic N) is 1. The van der Waals surface area contributed by atoms with Crippen molar-refractivity contribution in [2.24, 2.45) is 5.10 Å². The van der Waals surface area contributed by atoms with Crippen molar-refractivity contribution in [1.82, 2.24) is 16.1 Å². The van der Waals surface area contributed by atoms with Gasteiger partial charge in [0.05, 0.1) is 13.3 Å². The first-order valence-electron chi connectivity index (χ1n) is 10.3. The molecule has 0 unspecified atom stereocenters. The SMILES string of the molecule is CCCCNC(=O)C(=O)N/N=C\c1ccc(OCC(=O)NCc2ccccc2)c(OC)c1. The van der Waals surface area contributed by atoms with Gasteiger partial charge in [0.15, 0.2) is 18.1 Å². The molecule has 0 spiro atoms. The van der Waals surface area contributed by atoms with E-state index in [-0.39, 0.29) is 12.5 Å². The number of carbonyl (C=O) groups is 3. The van der Waals surface area contributed by atoms with Crippen LogP contribution in [0.5, 0.6) is 11.5 Å². The highest BCUT2D eigenvalue weighted by atomic mass is 16.5. The quantitative estimate of drug-likeness (QED) is 0.213. The minimum atomic E-state index is -0.842. The highest BCUT2D eigenvalue weighted by Crippen LogP contribution is 2.27. The molecule has 9 nitrogen and oxygen atoms in total. The molecule has 2 aromatic carbocycles. The van der Waals surface area contributed by atoms with Crippen molar-refractivity contribution in [2.45, 2.75) is 26.3 Å². The Morgan fingerprint density at radius 2 is 1.78 bits per heavy atom. The van der Waals surface area contributed by atoms with Gasteiger partial charge in [0, 0.05) is 13.1 Å². The summed E-state index contributed by atoms with van der Waals surface area (Å²) in [7, 11) is 1.47. The first-order valence-corrected chi connectivity index (χ1v) is 10.3. The number of hydrazone groups is 1. The summed E-state index contributed by atoms with van der Waals surface area (Å²) in [5.41, 5.74) is 3.77. The number of hydrogen-bond donors (Lipinski definition) is 3. The Labute approximate surface area is 187 Å². The lowest BCUT2D eigenvalue weighted by atomic mass is 10.2. The van der Waals surface area contributed by atoms with Gasteiger partial charge in [0.25, 0.3) is 5.91 Å². The van der Waals surface area contributed by atoms with Gasteiger partial charge in [-0.3, -0.25) is 14.4 Å². The second-order valence-electron chi connectivity index (χ2n) is 6.77. The fourth-order valence-corrected chi connectivity index (χ4v) is 2.55. The van der Waals surface area contributed by atoms with E-state index in [1.807, 2.05) is 37.3 Å². The van der Waals surface area contributed by atoms with Crippen LogP contribution >= 0.6 is 0 Å². The molecule has 2 rings (SSSR count). The Morgan fingerprint density at radius 3 is 2.50 bits per heavy atom. The molecule has 3 N–H and O–H groups in total. The Morgan fingerprint density at radius 1 is 1.00 bits per heavy atom. The minimum Gasteiger partial charge on any atom is -0.493 e. The van der Waals surface area contributed by atoms with Crippen molar-refractivity contribution in [3.8, 4) is 11.5 Å². The highest BCUT2D eigenvalue weighted by molar-refractivity contribution is 6.35. The molecule has 3 amide bonds. The minimum absolute atomic E-state index is 0.167. The van der Waals surface area contributed by atoms with Crippen LogP contribution in [0.2, 0.25) is 0 Å². The van der Waals surface area contributed by atoms with Crippen LogP contribution in [-0.2, 0) is 20.9 Å². The van der Waals surface area contributed by atoms with Crippen LogP contribution in [0.15, 0.2) is 53.6 Å². The van der Waals surface area contributed by atoms with Gasteiger partial charge in [-0.1, -0.05) is 43.7 Å². The molecule has 0 saturated heterocycles. The summed E-state index contributed by atoms with van der Waals surface area (Å²) in [6, 6.07) is 14.5. The summed E-state index contributed by atoms with van der Waals surface area (Å²) in [5, 5.41) is 9.07. The van der Waals surface area contributed by atoms with E-state index in [1.54, 1.807) is 18.2 Å². The first kappa shape index (κ1) is 24.4. The zero-order valence-electron chi connectivity index (χ0n) is 18.2. The molecule has 0 radical (unpaired) electrons. The monoisotopic (exact) mass is 440 g/mol. The molecule has 32 heavy (non-hydrogen) atoms. The molecule has 0 heterocycles. The molecule has 0 aromatic heterocycles. The smallest absolute Gasteiger partial charge is 0.329 e. The van der Waals surface area contributed by atoms with Crippen LogP contribution in [0, 0.1) is 0 Å². The van der Waals surface area contributed by atoms with Gasteiger partial charge in [0.2, 0.25) is 0 Å². The molecule has 0 fully saturated rings. The van der Waals surface area contributed by atoms with Crippen LogP contribution in [0.4, 0.5) is 0 Å². The standard InChI is InChI=1S/C23H28N4O5/c1-3-4-12-24-22(29)23(30)27-26-15-18-10-11-19(20(13-18)31-2)32-16-21(28)25-14-17-8-6-5-7-9-17/h5-11,13,15H,3-4,12,14,16H2,1-2H3,(H,24,29)(H,25,28)(H,27,30)/b26-15-.